The Balaban J connectivity index is 2.46. The van der Waals surface area contributed by atoms with Gasteiger partial charge in [0.05, 0.1) is 5.69 Å². The summed E-state index contributed by atoms with van der Waals surface area (Å²) in [6, 6.07) is 1.94. The van der Waals surface area contributed by atoms with Gasteiger partial charge in [-0.15, -0.1) is 5.10 Å². The van der Waals surface area contributed by atoms with Gasteiger partial charge in [0.2, 0.25) is 0 Å². The Labute approximate surface area is 92.1 Å². The van der Waals surface area contributed by atoms with E-state index in [1.54, 1.807) is 0 Å². The van der Waals surface area contributed by atoms with Gasteiger partial charge in [-0.3, -0.25) is 4.68 Å². The molecule has 0 amide bonds. The smallest absolute Gasteiger partial charge is 0.313 e. The highest BCUT2D eigenvalue weighted by atomic mass is 35.5. The quantitative estimate of drug-likeness (QED) is 0.805. The molecule has 2 aromatic heterocycles. The maximum absolute atomic E-state index is 5.58. The van der Waals surface area contributed by atoms with E-state index in [0.29, 0.717) is 5.89 Å². The fourth-order valence-corrected chi connectivity index (χ4v) is 1.48. The van der Waals surface area contributed by atoms with Crippen LogP contribution < -0.4 is 0 Å². The van der Waals surface area contributed by atoms with Crippen molar-refractivity contribution in [1.29, 1.82) is 0 Å². The molecule has 0 saturated heterocycles. The number of halogens is 1. The molecular weight excluding hydrogens is 216 g/mol. The molecule has 0 spiro atoms. The van der Waals surface area contributed by atoms with E-state index in [2.05, 4.69) is 15.3 Å². The molecule has 0 aromatic carbocycles. The number of nitrogens with zero attached hydrogens (tertiary/aromatic N) is 4. The van der Waals surface area contributed by atoms with E-state index in [-0.39, 0.29) is 5.35 Å². The van der Waals surface area contributed by atoms with E-state index in [9.17, 15) is 0 Å². The summed E-state index contributed by atoms with van der Waals surface area (Å²) >= 11 is 5.58. The number of rotatable bonds is 3. The van der Waals surface area contributed by atoms with Crippen LogP contribution in [0.15, 0.2) is 10.5 Å². The molecule has 2 heterocycles. The second kappa shape index (κ2) is 4.02. The molecule has 0 saturated carbocycles. The lowest BCUT2D eigenvalue weighted by atomic mass is 10.3. The number of hydrogen-bond acceptors (Lipinski definition) is 4. The van der Waals surface area contributed by atoms with Crippen LogP contribution in [-0.2, 0) is 13.0 Å². The van der Waals surface area contributed by atoms with E-state index >= 15 is 0 Å². The van der Waals surface area contributed by atoms with Gasteiger partial charge in [-0.1, -0.05) is 12.0 Å². The van der Waals surface area contributed by atoms with Crippen LogP contribution in [0.5, 0.6) is 0 Å². The molecule has 0 atom stereocenters. The predicted molar refractivity (Wildman–Crippen MR) is 55.6 cm³/mol. The first-order valence-corrected chi connectivity index (χ1v) is 5.18. The minimum Gasteiger partial charge on any atom is -0.406 e. The highest BCUT2D eigenvalue weighted by Gasteiger charge is 2.13. The van der Waals surface area contributed by atoms with Gasteiger partial charge in [0, 0.05) is 6.54 Å². The van der Waals surface area contributed by atoms with E-state index in [1.165, 1.54) is 0 Å². The third-order valence-electron chi connectivity index (χ3n) is 2.11. The van der Waals surface area contributed by atoms with E-state index in [1.807, 2.05) is 24.6 Å². The summed E-state index contributed by atoms with van der Waals surface area (Å²) < 4.78 is 6.97. The van der Waals surface area contributed by atoms with Crippen molar-refractivity contribution < 1.29 is 4.42 Å². The summed E-state index contributed by atoms with van der Waals surface area (Å²) in [5, 5.41) is 11.9. The molecule has 0 N–H and O–H groups in total. The lowest BCUT2D eigenvalue weighted by Gasteiger charge is -1.98. The van der Waals surface area contributed by atoms with Gasteiger partial charge >= 0.3 is 5.35 Å². The van der Waals surface area contributed by atoms with Crippen molar-refractivity contribution in [2.24, 2.45) is 0 Å². The Morgan fingerprint density at radius 3 is 2.73 bits per heavy atom. The molecule has 0 aliphatic carbocycles. The van der Waals surface area contributed by atoms with Crippen molar-refractivity contribution in [3.05, 3.63) is 17.1 Å². The minimum absolute atomic E-state index is 0.0481. The first-order valence-electron chi connectivity index (χ1n) is 4.80. The van der Waals surface area contributed by atoms with Crippen LogP contribution in [0.25, 0.3) is 11.6 Å². The Morgan fingerprint density at radius 1 is 1.40 bits per heavy atom. The molecule has 0 unspecified atom stereocenters. The molecular formula is C9H11ClN4O. The second-order valence-electron chi connectivity index (χ2n) is 3.05. The SMILES string of the molecule is CCc1cc(-c2nnc(Cl)o2)n(CC)n1. The van der Waals surface area contributed by atoms with Crippen LogP contribution in [0.4, 0.5) is 0 Å². The summed E-state index contributed by atoms with van der Waals surface area (Å²) in [4.78, 5) is 0. The first kappa shape index (κ1) is 10.2. The molecule has 2 aromatic rings. The lowest BCUT2D eigenvalue weighted by Crippen LogP contribution is -1.99. The molecule has 5 nitrogen and oxygen atoms in total. The van der Waals surface area contributed by atoms with Crippen molar-refractivity contribution in [2.45, 2.75) is 26.8 Å². The summed E-state index contributed by atoms with van der Waals surface area (Å²) in [5.74, 6) is 0.411. The Kier molecular flexibility index (Phi) is 2.73. The van der Waals surface area contributed by atoms with Gasteiger partial charge in [-0.2, -0.15) is 5.10 Å². The molecule has 0 bridgehead atoms. The standard InChI is InChI=1S/C9H11ClN4O/c1-3-6-5-7(14(4-2)13-6)8-11-12-9(10)15-8/h5H,3-4H2,1-2H3. The minimum atomic E-state index is 0.0481. The van der Waals surface area contributed by atoms with Crippen LogP contribution in [0, 0.1) is 0 Å². The summed E-state index contributed by atoms with van der Waals surface area (Å²) in [5.41, 5.74) is 1.81. The van der Waals surface area contributed by atoms with Crippen molar-refractivity contribution in [3.8, 4) is 11.6 Å². The molecule has 0 fully saturated rings. The third kappa shape index (κ3) is 1.87. The van der Waals surface area contributed by atoms with E-state index in [4.69, 9.17) is 16.0 Å². The molecule has 0 aliphatic rings. The molecule has 6 heteroatoms. The van der Waals surface area contributed by atoms with Crippen molar-refractivity contribution in [2.75, 3.05) is 0 Å². The maximum Gasteiger partial charge on any atom is 0.313 e. The number of aromatic nitrogens is 4. The molecule has 0 aliphatic heterocycles. The van der Waals surface area contributed by atoms with Gasteiger partial charge in [0.25, 0.3) is 5.89 Å². The van der Waals surface area contributed by atoms with Crippen molar-refractivity contribution in [3.63, 3.8) is 0 Å². The number of aryl methyl sites for hydroxylation is 2. The maximum atomic E-state index is 5.58. The monoisotopic (exact) mass is 226 g/mol. The fraction of sp³-hybridized carbons (Fsp3) is 0.444. The average Bonchev–Trinajstić information content (AvgIpc) is 2.82. The fourth-order valence-electron chi connectivity index (χ4n) is 1.36. The lowest BCUT2D eigenvalue weighted by molar-refractivity contribution is 0.554. The number of hydrogen-bond donors (Lipinski definition) is 0. The predicted octanol–water partition coefficient (Wildman–Crippen LogP) is 2.17. The topological polar surface area (TPSA) is 56.7 Å². The van der Waals surface area contributed by atoms with Crippen LogP contribution >= 0.6 is 11.6 Å². The Morgan fingerprint density at radius 2 is 2.20 bits per heavy atom. The van der Waals surface area contributed by atoms with Gasteiger partial charge in [0.1, 0.15) is 5.69 Å². The van der Waals surface area contributed by atoms with Crippen molar-refractivity contribution >= 4 is 11.6 Å². The normalized spacial score (nSPS) is 10.9. The molecule has 15 heavy (non-hydrogen) atoms. The zero-order valence-corrected chi connectivity index (χ0v) is 9.32. The summed E-state index contributed by atoms with van der Waals surface area (Å²) in [6.07, 6.45) is 0.877. The van der Waals surface area contributed by atoms with Crippen LogP contribution in [-0.4, -0.2) is 20.0 Å². The van der Waals surface area contributed by atoms with Crippen molar-refractivity contribution in [1.82, 2.24) is 20.0 Å². The largest absolute Gasteiger partial charge is 0.406 e. The van der Waals surface area contributed by atoms with Gasteiger partial charge in [-0.25, -0.2) is 0 Å². The van der Waals surface area contributed by atoms with Gasteiger partial charge in [-0.05, 0) is 31.0 Å². The van der Waals surface area contributed by atoms with Crippen LogP contribution in [0.2, 0.25) is 5.35 Å². The van der Waals surface area contributed by atoms with E-state index in [0.717, 1.165) is 24.4 Å². The highest BCUT2D eigenvalue weighted by Crippen LogP contribution is 2.21. The average molecular weight is 227 g/mol. The second-order valence-corrected chi connectivity index (χ2v) is 3.37. The zero-order valence-electron chi connectivity index (χ0n) is 8.57. The summed E-state index contributed by atoms with van der Waals surface area (Å²) in [6.45, 7) is 4.82. The highest BCUT2D eigenvalue weighted by molar-refractivity contribution is 6.27. The van der Waals surface area contributed by atoms with Crippen LogP contribution in [0.1, 0.15) is 19.5 Å². The third-order valence-corrected chi connectivity index (χ3v) is 2.26. The molecule has 0 radical (unpaired) electrons. The molecule has 80 valence electrons. The Bertz CT molecular complexity index is 462. The van der Waals surface area contributed by atoms with Gasteiger partial charge < -0.3 is 4.42 Å². The Hall–Kier alpha value is -1.36. The van der Waals surface area contributed by atoms with Gasteiger partial charge in [0.15, 0.2) is 0 Å². The van der Waals surface area contributed by atoms with E-state index < -0.39 is 0 Å². The first-order chi connectivity index (χ1) is 7.24. The van der Waals surface area contributed by atoms with Crippen LogP contribution in [0.3, 0.4) is 0 Å². The molecule has 2 rings (SSSR count). The summed E-state index contributed by atoms with van der Waals surface area (Å²) in [7, 11) is 0. The zero-order chi connectivity index (χ0) is 10.8.